The normalized spacial score (nSPS) is 10.5. The molecule has 0 unspecified atom stereocenters. The molecule has 8 heteroatoms. The number of aliphatic carboxylic acids is 1. The molecule has 0 amide bonds. The molecule has 0 fully saturated rings. The van der Waals surface area contributed by atoms with Crippen molar-refractivity contribution in [2.24, 2.45) is 0 Å². The SMILES string of the molecule is O=C(O)CSc1nc(=O)ccn1-c1cc(Cl)ccc1Cl. The molecule has 0 atom stereocenters. The topological polar surface area (TPSA) is 72.2 Å². The van der Waals surface area contributed by atoms with Gasteiger partial charge in [-0.15, -0.1) is 0 Å². The van der Waals surface area contributed by atoms with Crippen molar-refractivity contribution >= 4 is 40.9 Å². The predicted octanol–water partition coefficient (Wildman–Crippen LogP) is 2.72. The van der Waals surface area contributed by atoms with E-state index in [2.05, 4.69) is 4.98 Å². The van der Waals surface area contributed by atoms with Crippen LogP contribution in [0.2, 0.25) is 10.0 Å². The van der Waals surface area contributed by atoms with Crippen LogP contribution in [-0.2, 0) is 4.79 Å². The predicted molar refractivity (Wildman–Crippen MR) is 78.2 cm³/mol. The molecular weight excluding hydrogens is 323 g/mol. The molecule has 2 aromatic rings. The van der Waals surface area contributed by atoms with E-state index in [1.807, 2.05) is 0 Å². The van der Waals surface area contributed by atoms with E-state index in [0.717, 1.165) is 11.8 Å². The minimum Gasteiger partial charge on any atom is -0.481 e. The lowest BCUT2D eigenvalue weighted by atomic mass is 10.3. The quantitative estimate of drug-likeness (QED) is 0.689. The van der Waals surface area contributed by atoms with Crippen molar-refractivity contribution in [1.29, 1.82) is 0 Å². The first-order valence-electron chi connectivity index (χ1n) is 5.37. The summed E-state index contributed by atoms with van der Waals surface area (Å²) in [6, 6.07) is 6.12. The second-order valence-corrected chi connectivity index (χ2v) is 5.48. The number of hydrogen-bond donors (Lipinski definition) is 1. The van der Waals surface area contributed by atoms with Crippen molar-refractivity contribution in [2.45, 2.75) is 5.16 Å². The summed E-state index contributed by atoms with van der Waals surface area (Å²) in [5.41, 5.74) is 0.0758. The van der Waals surface area contributed by atoms with E-state index in [-0.39, 0.29) is 10.9 Å². The molecule has 0 aliphatic rings. The van der Waals surface area contributed by atoms with Gasteiger partial charge < -0.3 is 5.11 Å². The third-order valence-corrected chi connectivity index (χ3v) is 3.76. The number of aromatic nitrogens is 2. The van der Waals surface area contributed by atoms with Crippen LogP contribution >= 0.6 is 35.0 Å². The Morgan fingerprint density at radius 1 is 1.35 bits per heavy atom. The Balaban J connectivity index is 2.52. The van der Waals surface area contributed by atoms with Gasteiger partial charge in [-0.2, -0.15) is 4.98 Å². The average Bonchev–Trinajstić information content (AvgIpc) is 2.39. The van der Waals surface area contributed by atoms with Gasteiger partial charge in [-0.3, -0.25) is 14.2 Å². The van der Waals surface area contributed by atoms with Crippen molar-refractivity contribution in [3.63, 3.8) is 0 Å². The highest BCUT2D eigenvalue weighted by Gasteiger charge is 2.11. The lowest BCUT2D eigenvalue weighted by Crippen LogP contribution is -2.13. The molecule has 0 bridgehead atoms. The molecule has 0 aliphatic heterocycles. The van der Waals surface area contributed by atoms with Crippen LogP contribution in [0.1, 0.15) is 0 Å². The Morgan fingerprint density at radius 3 is 2.80 bits per heavy atom. The van der Waals surface area contributed by atoms with Crippen molar-refractivity contribution in [3.8, 4) is 5.69 Å². The fraction of sp³-hybridized carbons (Fsp3) is 0.0833. The highest BCUT2D eigenvalue weighted by Crippen LogP contribution is 2.27. The van der Waals surface area contributed by atoms with E-state index in [1.54, 1.807) is 18.2 Å². The van der Waals surface area contributed by atoms with Crippen LogP contribution in [0, 0.1) is 0 Å². The van der Waals surface area contributed by atoms with E-state index in [9.17, 15) is 9.59 Å². The molecular formula is C12H8Cl2N2O3S. The second kappa shape index (κ2) is 6.30. The van der Waals surface area contributed by atoms with Crippen molar-refractivity contribution < 1.29 is 9.90 Å². The monoisotopic (exact) mass is 330 g/mol. The minimum absolute atomic E-state index is 0.214. The Labute approximate surface area is 128 Å². The third kappa shape index (κ3) is 3.53. The largest absolute Gasteiger partial charge is 0.481 e. The van der Waals surface area contributed by atoms with Gasteiger partial charge in [0, 0.05) is 17.3 Å². The smallest absolute Gasteiger partial charge is 0.313 e. The summed E-state index contributed by atoms with van der Waals surface area (Å²) in [6.07, 6.45) is 1.48. The summed E-state index contributed by atoms with van der Waals surface area (Å²) in [4.78, 5) is 25.8. The minimum atomic E-state index is -1.00. The number of thioether (sulfide) groups is 1. The maximum absolute atomic E-state index is 11.3. The molecule has 0 saturated carbocycles. The highest BCUT2D eigenvalue weighted by atomic mass is 35.5. The molecule has 0 spiro atoms. The van der Waals surface area contributed by atoms with Gasteiger partial charge in [-0.1, -0.05) is 35.0 Å². The summed E-state index contributed by atoms with van der Waals surface area (Å²) < 4.78 is 1.53. The van der Waals surface area contributed by atoms with Gasteiger partial charge in [0.05, 0.1) is 16.5 Å². The summed E-state index contributed by atoms with van der Waals surface area (Å²) in [7, 11) is 0. The second-order valence-electron chi connectivity index (χ2n) is 3.70. The highest BCUT2D eigenvalue weighted by molar-refractivity contribution is 7.99. The number of rotatable bonds is 4. The summed E-state index contributed by atoms with van der Waals surface area (Å²) in [6.45, 7) is 0. The van der Waals surface area contributed by atoms with Gasteiger partial charge in [0.2, 0.25) is 0 Å². The number of halogens is 2. The Hall–Kier alpha value is -1.50. The summed E-state index contributed by atoms with van der Waals surface area (Å²) >= 11 is 12.9. The fourth-order valence-corrected chi connectivity index (χ4v) is 2.55. The molecule has 1 aromatic carbocycles. The van der Waals surface area contributed by atoms with Crippen molar-refractivity contribution in [3.05, 3.63) is 50.9 Å². The van der Waals surface area contributed by atoms with Crippen LogP contribution in [0.5, 0.6) is 0 Å². The molecule has 0 aliphatic carbocycles. The molecule has 0 radical (unpaired) electrons. The van der Waals surface area contributed by atoms with Gasteiger partial charge in [0.15, 0.2) is 5.16 Å². The van der Waals surface area contributed by atoms with Crippen LogP contribution in [0.4, 0.5) is 0 Å². The van der Waals surface area contributed by atoms with Crippen molar-refractivity contribution in [1.82, 2.24) is 9.55 Å². The zero-order valence-corrected chi connectivity index (χ0v) is 12.2. The molecule has 1 aromatic heterocycles. The fourth-order valence-electron chi connectivity index (χ4n) is 1.47. The van der Waals surface area contributed by atoms with Crippen LogP contribution in [0.3, 0.4) is 0 Å². The standard InChI is InChI=1S/C12H8Cl2N2O3S/c13-7-1-2-8(14)9(5-7)16-4-3-10(17)15-12(16)20-6-11(18)19/h1-5H,6H2,(H,18,19). The van der Waals surface area contributed by atoms with E-state index < -0.39 is 11.5 Å². The van der Waals surface area contributed by atoms with Gasteiger partial charge >= 0.3 is 5.97 Å². The molecule has 2 rings (SSSR count). The number of carbonyl (C=O) groups is 1. The summed E-state index contributed by atoms with van der Waals surface area (Å²) in [5, 5.41) is 9.84. The Bertz CT molecular complexity index is 718. The van der Waals surface area contributed by atoms with E-state index in [0.29, 0.717) is 15.7 Å². The molecule has 5 nitrogen and oxygen atoms in total. The van der Waals surface area contributed by atoms with Gasteiger partial charge in [0.25, 0.3) is 5.56 Å². The number of benzene rings is 1. The van der Waals surface area contributed by atoms with E-state index >= 15 is 0 Å². The number of carboxylic acid groups (broad SMARTS) is 1. The first-order chi connectivity index (χ1) is 9.47. The first kappa shape index (κ1) is 14.9. The number of nitrogens with zero attached hydrogens (tertiary/aromatic N) is 2. The lowest BCUT2D eigenvalue weighted by Gasteiger charge is -2.12. The number of carboxylic acids is 1. The van der Waals surface area contributed by atoms with Gasteiger partial charge in [0.1, 0.15) is 0 Å². The van der Waals surface area contributed by atoms with Gasteiger partial charge in [-0.25, -0.2) is 0 Å². The Kier molecular flexibility index (Phi) is 4.69. The molecule has 1 heterocycles. The lowest BCUT2D eigenvalue weighted by molar-refractivity contribution is -0.133. The molecule has 1 N–H and O–H groups in total. The molecule has 20 heavy (non-hydrogen) atoms. The van der Waals surface area contributed by atoms with Crippen LogP contribution in [0.15, 0.2) is 40.4 Å². The average molecular weight is 331 g/mol. The maximum atomic E-state index is 11.3. The van der Waals surface area contributed by atoms with E-state index in [4.69, 9.17) is 28.3 Å². The maximum Gasteiger partial charge on any atom is 0.313 e. The zero-order chi connectivity index (χ0) is 14.7. The summed E-state index contributed by atoms with van der Waals surface area (Å²) in [5.74, 6) is -1.22. The van der Waals surface area contributed by atoms with E-state index in [1.165, 1.54) is 16.8 Å². The third-order valence-electron chi connectivity index (χ3n) is 2.27. The zero-order valence-electron chi connectivity index (χ0n) is 9.92. The molecule has 104 valence electrons. The van der Waals surface area contributed by atoms with Crippen LogP contribution < -0.4 is 5.56 Å². The number of hydrogen-bond acceptors (Lipinski definition) is 4. The molecule has 0 saturated heterocycles. The van der Waals surface area contributed by atoms with Crippen LogP contribution in [-0.4, -0.2) is 26.4 Å². The van der Waals surface area contributed by atoms with Gasteiger partial charge in [-0.05, 0) is 18.2 Å². The van der Waals surface area contributed by atoms with Crippen LogP contribution in [0.25, 0.3) is 5.69 Å². The first-order valence-corrected chi connectivity index (χ1v) is 7.11. The Morgan fingerprint density at radius 2 is 2.10 bits per heavy atom. The van der Waals surface area contributed by atoms with Crippen molar-refractivity contribution in [2.75, 3.05) is 5.75 Å².